The lowest BCUT2D eigenvalue weighted by molar-refractivity contribution is 0.0697. The van der Waals surface area contributed by atoms with Crippen LogP contribution in [0.2, 0.25) is 0 Å². The van der Waals surface area contributed by atoms with Crippen LogP contribution in [0.5, 0.6) is 5.75 Å². The first-order chi connectivity index (χ1) is 18.0. The third kappa shape index (κ3) is 5.59. The van der Waals surface area contributed by atoms with Crippen LogP contribution < -0.4 is 19.9 Å². The van der Waals surface area contributed by atoms with Gasteiger partial charge in [-0.1, -0.05) is 25.1 Å². The second-order valence-corrected chi connectivity index (χ2v) is 10.7. The Hall–Kier alpha value is -3.52. The quantitative estimate of drug-likeness (QED) is 0.486. The van der Waals surface area contributed by atoms with Crippen molar-refractivity contribution in [2.24, 2.45) is 5.92 Å². The van der Waals surface area contributed by atoms with Gasteiger partial charge in [0.15, 0.2) is 0 Å². The van der Waals surface area contributed by atoms with E-state index in [1.165, 1.54) is 11.3 Å². The predicted molar refractivity (Wildman–Crippen MR) is 150 cm³/mol. The van der Waals surface area contributed by atoms with Gasteiger partial charge in [0.05, 0.1) is 23.2 Å². The van der Waals surface area contributed by atoms with E-state index in [4.69, 9.17) is 4.74 Å². The van der Waals surface area contributed by atoms with E-state index in [1.807, 2.05) is 52.7 Å². The second-order valence-electron chi connectivity index (χ2n) is 9.78. The maximum atomic E-state index is 13.8. The van der Waals surface area contributed by atoms with Crippen molar-refractivity contribution in [2.45, 2.75) is 19.8 Å². The summed E-state index contributed by atoms with van der Waals surface area (Å²) in [4.78, 5) is 33.7. The van der Waals surface area contributed by atoms with Crippen LogP contribution in [0, 0.1) is 5.92 Å². The Kier molecular flexibility index (Phi) is 7.65. The number of methoxy groups -OCH3 is 1. The smallest absolute Gasteiger partial charge is 0.265 e. The van der Waals surface area contributed by atoms with Crippen LogP contribution in [0.4, 0.5) is 17.1 Å². The molecule has 194 valence electrons. The van der Waals surface area contributed by atoms with Crippen molar-refractivity contribution >= 4 is 40.2 Å². The Morgan fingerprint density at radius 1 is 0.892 bits per heavy atom. The number of rotatable bonds is 6. The normalized spacial score (nSPS) is 16.5. The summed E-state index contributed by atoms with van der Waals surface area (Å²) in [6.07, 6.45) is 2.04. The second kappa shape index (κ2) is 11.3. The number of likely N-dealkylation sites (tertiary alicyclic amines) is 1. The van der Waals surface area contributed by atoms with Crippen LogP contribution in [0.25, 0.3) is 0 Å². The number of amides is 2. The Bertz CT molecular complexity index is 1230. The molecule has 3 aromatic rings. The van der Waals surface area contributed by atoms with E-state index in [9.17, 15) is 9.59 Å². The molecular formula is C29H34N4O3S. The van der Waals surface area contributed by atoms with Gasteiger partial charge in [0.1, 0.15) is 5.75 Å². The van der Waals surface area contributed by atoms with E-state index in [2.05, 4.69) is 28.1 Å². The van der Waals surface area contributed by atoms with Crippen LogP contribution in [0.1, 0.15) is 39.8 Å². The van der Waals surface area contributed by atoms with Gasteiger partial charge in [0.25, 0.3) is 11.8 Å². The number of ether oxygens (including phenoxy) is 1. The predicted octanol–water partition coefficient (Wildman–Crippen LogP) is 5.21. The molecule has 37 heavy (non-hydrogen) atoms. The summed E-state index contributed by atoms with van der Waals surface area (Å²) in [5.74, 6) is 1.40. The lowest BCUT2D eigenvalue weighted by Crippen LogP contribution is -2.47. The zero-order valence-corrected chi connectivity index (χ0v) is 22.3. The van der Waals surface area contributed by atoms with Gasteiger partial charge in [-0.25, -0.2) is 0 Å². The maximum absolute atomic E-state index is 13.8. The molecule has 8 heteroatoms. The van der Waals surface area contributed by atoms with Gasteiger partial charge in [-0.05, 0) is 60.5 Å². The largest absolute Gasteiger partial charge is 0.495 e. The first-order valence-electron chi connectivity index (χ1n) is 12.9. The number of nitrogens with one attached hydrogen (secondary N) is 1. The molecule has 0 bridgehead atoms. The Balaban J connectivity index is 1.38. The molecule has 5 rings (SSSR count). The number of carbonyl (C=O) groups is 2. The molecule has 1 aromatic heterocycles. The molecule has 2 aliphatic rings. The Morgan fingerprint density at radius 3 is 2.27 bits per heavy atom. The summed E-state index contributed by atoms with van der Waals surface area (Å²) in [7, 11) is 1.70. The fourth-order valence-electron chi connectivity index (χ4n) is 5.12. The number of nitrogens with zero attached hydrogens (tertiary/aromatic N) is 3. The number of thiophene rings is 1. The van der Waals surface area contributed by atoms with Crippen molar-refractivity contribution in [3.8, 4) is 5.75 Å². The highest BCUT2D eigenvalue weighted by Crippen LogP contribution is 2.32. The van der Waals surface area contributed by atoms with Crippen molar-refractivity contribution in [1.29, 1.82) is 0 Å². The van der Waals surface area contributed by atoms with Gasteiger partial charge in [0, 0.05) is 50.6 Å². The molecule has 0 unspecified atom stereocenters. The van der Waals surface area contributed by atoms with Gasteiger partial charge >= 0.3 is 0 Å². The van der Waals surface area contributed by atoms with Crippen molar-refractivity contribution in [1.82, 2.24) is 4.90 Å². The van der Waals surface area contributed by atoms with E-state index in [1.54, 1.807) is 13.2 Å². The molecule has 2 amide bonds. The molecule has 2 fully saturated rings. The van der Waals surface area contributed by atoms with Gasteiger partial charge < -0.3 is 24.8 Å². The third-order valence-corrected chi connectivity index (χ3v) is 8.22. The topological polar surface area (TPSA) is 65.1 Å². The number of carbonyl (C=O) groups excluding carboxylic acids is 2. The summed E-state index contributed by atoms with van der Waals surface area (Å²) in [5, 5.41) is 4.86. The van der Waals surface area contributed by atoms with Gasteiger partial charge in [-0.2, -0.15) is 0 Å². The molecule has 7 nitrogen and oxygen atoms in total. The van der Waals surface area contributed by atoms with E-state index in [0.29, 0.717) is 22.0 Å². The molecule has 0 aliphatic carbocycles. The molecule has 0 saturated carbocycles. The summed E-state index contributed by atoms with van der Waals surface area (Å²) in [6, 6.07) is 17.5. The number of anilines is 3. The summed E-state index contributed by atoms with van der Waals surface area (Å²) >= 11 is 1.40. The van der Waals surface area contributed by atoms with Crippen LogP contribution in [-0.4, -0.2) is 63.1 Å². The first kappa shape index (κ1) is 25.1. The van der Waals surface area contributed by atoms with Gasteiger partial charge in [0.2, 0.25) is 0 Å². The number of piperidine rings is 1. The average Bonchev–Trinajstić information content (AvgIpc) is 3.49. The zero-order valence-electron chi connectivity index (χ0n) is 21.5. The van der Waals surface area contributed by atoms with Crippen LogP contribution >= 0.6 is 11.3 Å². The molecular weight excluding hydrogens is 484 g/mol. The molecule has 0 spiro atoms. The molecule has 2 saturated heterocycles. The molecule has 2 aromatic carbocycles. The molecule has 0 radical (unpaired) electrons. The number of piperazine rings is 1. The lowest BCUT2D eigenvalue weighted by atomic mass is 9.98. The summed E-state index contributed by atoms with van der Waals surface area (Å²) in [5.41, 5.74) is 3.32. The number of para-hydroxylation sites is 2. The molecule has 3 heterocycles. The Labute approximate surface area is 222 Å². The van der Waals surface area contributed by atoms with Crippen LogP contribution in [0.15, 0.2) is 60.0 Å². The van der Waals surface area contributed by atoms with Crippen LogP contribution in [0.3, 0.4) is 0 Å². The van der Waals surface area contributed by atoms with Crippen molar-refractivity contribution in [3.05, 3.63) is 70.4 Å². The van der Waals surface area contributed by atoms with E-state index < -0.39 is 0 Å². The third-order valence-electron chi connectivity index (χ3n) is 7.35. The average molecular weight is 519 g/mol. The molecule has 0 atom stereocenters. The first-order valence-corrected chi connectivity index (χ1v) is 13.8. The van der Waals surface area contributed by atoms with Gasteiger partial charge in [-0.15, -0.1) is 11.3 Å². The fourth-order valence-corrected chi connectivity index (χ4v) is 5.74. The highest BCUT2D eigenvalue weighted by Gasteiger charge is 2.27. The molecule has 1 N–H and O–H groups in total. The summed E-state index contributed by atoms with van der Waals surface area (Å²) < 4.78 is 5.57. The van der Waals surface area contributed by atoms with Crippen molar-refractivity contribution < 1.29 is 14.3 Å². The van der Waals surface area contributed by atoms with E-state index in [-0.39, 0.29) is 11.8 Å². The minimum atomic E-state index is -0.154. The van der Waals surface area contributed by atoms with E-state index in [0.717, 1.165) is 69.2 Å². The van der Waals surface area contributed by atoms with Crippen LogP contribution in [-0.2, 0) is 0 Å². The maximum Gasteiger partial charge on any atom is 0.265 e. The SMILES string of the molecule is COc1ccccc1N1CCN(c2ccc(NC(=O)c3cccs3)cc2C(=O)N2CCC(C)CC2)CC1. The van der Waals surface area contributed by atoms with Gasteiger partial charge in [-0.3, -0.25) is 9.59 Å². The highest BCUT2D eigenvalue weighted by atomic mass is 32.1. The van der Waals surface area contributed by atoms with Crippen molar-refractivity contribution in [2.75, 3.05) is 61.5 Å². The monoisotopic (exact) mass is 518 g/mol. The minimum Gasteiger partial charge on any atom is -0.495 e. The summed E-state index contributed by atoms with van der Waals surface area (Å²) in [6.45, 7) is 7.01. The number of hydrogen-bond acceptors (Lipinski definition) is 6. The lowest BCUT2D eigenvalue weighted by Gasteiger charge is -2.39. The van der Waals surface area contributed by atoms with E-state index >= 15 is 0 Å². The Morgan fingerprint density at radius 2 is 1.59 bits per heavy atom. The highest BCUT2D eigenvalue weighted by molar-refractivity contribution is 7.12. The fraction of sp³-hybridized carbons (Fsp3) is 0.379. The number of hydrogen-bond donors (Lipinski definition) is 1. The van der Waals surface area contributed by atoms with Crippen molar-refractivity contribution in [3.63, 3.8) is 0 Å². The minimum absolute atomic E-state index is 0.0429. The molecule has 2 aliphatic heterocycles. The number of benzene rings is 2. The zero-order chi connectivity index (χ0) is 25.8. The standard InChI is InChI=1S/C29H34N4O3S/c1-21-11-13-33(14-12-21)29(35)23-20-22(30-28(34)27-8-5-19-37-27)9-10-24(23)31-15-17-32(18-16-31)25-6-3-4-7-26(25)36-2/h3-10,19-21H,11-18H2,1-2H3,(H,30,34).